The molecule has 0 spiro atoms. The fourth-order valence-corrected chi connectivity index (χ4v) is 9.40. The first-order valence-electron chi connectivity index (χ1n) is 18.0. The number of hydrogen-bond donors (Lipinski definition) is 0. The van der Waals surface area contributed by atoms with Gasteiger partial charge >= 0.3 is 0 Å². The van der Waals surface area contributed by atoms with Crippen LogP contribution in [-0.4, -0.2) is 0 Å². The summed E-state index contributed by atoms with van der Waals surface area (Å²) in [6, 6.07) is 68.1. The molecule has 0 aliphatic heterocycles. The molecular weight excluding hydrogens is 663 g/mol. The summed E-state index contributed by atoms with van der Waals surface area (Å²) in [5.74, 6) is 0. The predicted molar refractivity (Wildman–Crippen MR) is 227 cm³/mol. The standard InChI is InChI=1S/C50H31NOS/c1-3-17-37-32(12-1)14-10-21-38(37)34-15-9-16-36(30-34)51(46-24-11-22-43-41-20-6-8-25-48(41)53-50(43)46)45-23-7-5-18-39(45)35-27-29-47-44(31-35)42-28-26-33-13-2-4-19-40(33)49(42)52-47/h1-31H. The molecule has 0 aliphatic carbocycles. The van der Waals surface area contributed by atoms with E-state index in [9.17, 15) is 0 Å². The zero-order valence-electron chi connectivity index (χ0n) is 28.7. The summed E-state index contributed by atoms with van der Waals surface area (Å²) in [6.07, 6.45) is 0. The van der Waals surface area contributed by atoms with Crippen molar-refractivity contribution < 1.29 is 4.42 Å². The fraction of sp³-hybridized carbons (Fsp3) is 0. The first-order valence-corrected chi connectivity index (χ1v) is 18.8. The van der Waals surface area contributed by atoms with E-state index in [1.165, 1.54) is 47.5 Å². The molecule has 0 unspecified atom stereocenters. The van der Waals surface area contributed by atoms with Gasteiger partial charge in [-0.05, 0) is 81.4 Å². The van der Waals surface area contributed by atoms with E-state index in [-0.39, 0.29) is 0 Å². The number of thiophene rings is 1. The Morgan fingerprint density at radius 2 is 1.06 bits per heavy atom. The minimum Gasteiger partial charge on any atom is -0.455 e. The maximum Gasteiger partial charge on any atom is 0.143 e. The van der Waals surface area contributed by atoms with Gasteiger partial charge in [0.2, 0.25) is 0 Å². The molecule has 0 saturated carbocycles. The van der Waals surface area contributed by atoms with Crippen LogP contribution in [0, 0.1) is 0 Å². The maximum atomic E-state index is 6.53. The molecule has 0 saturated heterocycles. The van der Waals surface area contributed by atoms with E-state index in [0.717, 1.165) is 55.5 Å². The number of anilines is 3. The van der Waals surface area contributed by atoms with Crippen LogP contribution in [0.4, 0.5) is 17.1 Å². The summed E-state index contributed by atoms with van der Waals surface area (Å²) >= 11 is 1.86. The summed E-state index contributed by atoms with van der Waals surface area (Å²) in [7, 11) is 0. The van der Waals surface area contributed by atoms with E-state index in [1.54, 1.807) is 0 Å². The lowest BCUT2D eigenvalue weighted by molar-refractivity contribution is 0.672. The molecule has 0 fully saturated rings. The van der Waals surface area contributed by atoms with Crippen LogP contribution in [0.3, 0.4) is 0 Å². The maximum absolute atomic E-state index is 6.53. The highest BCUT2D eigenvalue weighted by molar-refractivity contribution is 7.26. The number of rotatable bonds is 5. The van der Waals surface area contributed by atoms with Crippen molar-refractivity contribution in [1.29, 1.82) is 0 Å². The Morgan fingerprint density at radius 1 is 0.396 bits per heavy atom. The number of hydrogen-bond acceptors (Lipinski definition) is 3. The number of para-hydroxylation sites is 1. The summed E-state index contributed by atoms with van der Waals surface area (Å²) in [4.78, 5) is 2.47. The third-order valence-electron chi connectivity index (χ3n) is 10.6. The first kappa shape index (κ1) is 30.0. The smallest absolute Gasteiger partial charge is 0.143 e. The molecule has 0 N–H and O–H groups in total. The molecule has 9 aromatic carbocycles. The normalized spacial score (nSPS) is 11.8. The molecule has 11 aromatic rings. The minimum absolute atomic E-state index is 0.896. The van der Waals surface area contributed by atoms with Gasteiger partial charge in [0.1, 0.15) is 11.2 Å². The van der Waals surface area contributed by atoms with Crippen molar-refractivity contribution in [1.82, 2.24) is 0 Å². The SMILES string of the molecule is c1cc(-c2cccc3ccccc23)cc(N(c2ccccc2-c2ccc3oc4c5ccccc5ccc4c3c2)c2cccc3c2sc2ccccc23)c1. The lowest BCUT2D eigenvalue weighted by atomic mass is 9.97. The Balaban J connectivity index is 1.15. The summed E-state index contributed by atoms with van der Waals surface area (Å²) in [5.41, 5.74) is 9.92. The quantitative estimate of drug-likeness (QED) is 0.178. The Morgan fingerprint density at radius 3 is 1.98 bits per heavy atom. The van der Waals surface area contributed by atoms with Gasteiger partial charge in [0.15, 0.2) is 0 Å². The Bertz CT molecular complexity index is 3200. The van der Waals surface area contributed by atoms with Gasteiger partial charge in [-0.1, -0.05) is 140 Å². The van der Waals surface area contributed by atoms with Gasteiger partial charge in [0.25, 0.3) is 0 Å². The monoisotopic (exact) mass is 693 g/mol. The molecule has 53 heavy (non-hydrogen) atoms. The Hall–Kier alpha value is -6.68. The molecule has 248 valence electrons. The van der Waals surface area contributed by atoms with Crippen LogP contribution in [0.2, 0.25) is 0 Å². The van der Waals surface area contributed by atoms with Crippen LogP contribution < -0.4 is 4.90 Å². The zero-order chi connectivity index (χ0) is 34.9. The second-order valence-corrected chi connectivity index (χ2v) is 14.7. The Kier molecular flexibility index (Phi) is 6.76. The second kappa shape index (κ2) is 11.9. The van der Waals surface area contributed by atoms with E-state index in [0.29, 0.717) is 0 Å². The third kappa shape index (κ3) is 4.78. The van der Waals surface area contributed by atoms with E-state index in [4.69, 9.17) is 4.42 Å². The molecule has 0 radical (unpaired) electrons. The van der Waals surface area contributed by atoms with E-state index in [2.05, 4.69) is 193 Å². The molecule has 0 aliphatic rings. The average Bonchev–Trinajstić information content (AvgIpc) is 3.80. The van der Waals surface area contributed by atoms with Crippen molar-refractivity contribution in [3.8, 4) is 22.3 Å². The van der Waals surface area contributed by atoms with Gasteiger partial charge in [-0.2, -0.15) is 0 Å². The summed E-state index contributed by atoms with van der Waals surface area (Å²) in [5, 5.41) is 9.62. The largest absolute Gasteiger partial charge is 0.455 e. The molecule has 2 heterocycles. The van der Waals surface area contributed by atoms with Gasteiger partial charge in [0.05, 0.1) is 16.1 Å². The summed E-state index contributed by atoms with van der Waals surface area (Å²) < 4.78 is 9.08. The molecule has 11 rings (SSSR count). The molecule has 2 nitrogen and oxygen atoms in total. The van der Waals surface area contributed by atoms with Crippen LogP contribution >= 0.6 is 11.3 Å². The van der Waals surface area contributed by atoms with Crippen molar-refractivity contribution in [2.45, 2.75) is 0 Å². The molecule has 0 atom stereocenters. The fourth-order valence-electron chi connectivity index (χ4n) is 8.19. The van der Waals surface area contributed by atoms with Gasteiger partial charge in [-0.3, -0.25) is 0 Å². The van der Waals surface area contributed by atoms with Crippen LogP contribution in [-0.2, 0) is 0 Å². The number of nitrogens with zero attached hydrogens (tertiary/aromatic N) is 1. The minimum atomic E-state index is 0.896. The van der Waals surface area contributed by atoms with Gasteiger partial charge in [-0.25, -0.2) is 0 Å². The van der Waals surface area contributed by atoms with Gasteiger partial charge in [-0.15, -0.1) is 11.3 Å². The highest BCUT2D eigenvalue weighted by Gasteiger charge is 2.22. The molecule has 2 aromatic heterocycles. The summed E-state index contributed by atoms with van der Waals surface area (Å²) in [6.45, 7) is 0. The van der Waals surface area contributed by atoms with Crippen LogP contribution in [0.15, 0.2) is 192 Å². The van der Waals surface area contributed by atoms with Crippen molar-refractivity contribution in [3.05, 3.63) is 188 Å². The Labute approximate surface area is 310 Å². The predicted octanol–water partition coefficient (Wildman–Crippen LogP) is 15.1. The second-order valence-electron chi connectivity index (χ2n) is 13.7. The lowest BCUT2D eigenvalue weighted by Crippen LogP contribution is -2.11. The van der Waals surface area contributed by atoms with Crippen LogP contribution in [0.25, 0.3) is 85.9 Å². The molecule has 0 bridgehead atoms. The number of benzene rings is 9. The van der Waals surface area contributed by atoms with Crippen LogP contribution in [0.5, 0.6) is 0 Å². The highest BCUT2D eigenvalue weighted by atomic mass is 32.1. The molecular formula is C50H31NOS. The van der Waals surface area contributed by atoms with Gasteiger partial charge < -0.3 is 9.32 Å². The van der Waals surface area contributed by atoms with Gasteiger partial charge in [0, 0.05) is 42.9 Å². The number of fused-ring (bicyclic) bond motifs is 9. The highest BCUT2D eigenvalue weighted by Crippen LogP contribution is 2.48. The van der Waals surface area contributed by atoms with E-state index < -0.39 is 0 Å². The molecule has 3 heteroatoms. The van der Waals surface area contributed by atoms with Crippen molar-refractivity contribution in [3.63, 3.8) is 0 Å². The van der Waals surface area contributed by atoms with Crippen molar-refractivity contribution in [2.24, 2.45) is 0 Å². The van der Waals surface area contributed by atoms with Crippen molar-refractivity contribution >= 4 is 92.1 Å². The topological polar surface area (TPSA) is 16.4 Å². The first-order chi connectivity index (χ1) is 26.3. The molecule has 0 amide bonds. The van der Waals surface area contributed by atoms with Crippen molar-refractivity contribution in [2.75, 3.05) is 4.90 Å². The average molecular weight is 694 g/mol. The van der Waals surface area contributed by atoms with Crippen LogP contribution in [0.1, 0.15) is 0 Å². The number of furan rings is 1. The zero-order valence-corrected chi connectivity index (χ0v) is 29.5. The lowest BCUT2D eigenvalue weighted by Gasteiger charge is -2.29. The van der Waals surface area contributed by atoms with E-state index >= 15 is 0 Å². The third-order valence-corrected chi connectivity index (χ3v) is 11.9. The van der Waals surface area contributed by atoms with E-state index in [1.807, 2.05) is 11.3 Å².